The van der Waals surface area contributed by atoms with E-state index in [4.69, 9.17) is 0 Å². The Hall–Kier alpha value is -1.38. The van der Waals surface area contributed by atoms with Crippen LogP contribution in [0.1, 0.15) is 31.2 Å². The molecule has 16 heavy (non-hydrogen) atoms. The summed E-state index contributed by atoms with van der Waals surface area (Å²) in [6.45, 7) is 2.12. The average molecular weight is 219 g/mol. The van der Waals surface area contributed by atoms with E-state index in [2.05, 4.69) is 0 Å². The fraction of sp³-hybridized carbons (Fsp3) is 0.538. The van der Waals surface area contributed by atoms with Crippen LogP contribution < -0.4 is 5.56 Å². The van der Waals surface area contributed by atoms with Crippen LogP contribution in [0.25, 0.3) is 0 Å². The summed E-state index contributed by atoms with van der Waals surface area (Å²) in [6.07, 6.45) is 6.02. The van der Waals surface area contributed by atoms with Crippen molar-refractivity contribution in [2.45, 2.75) is 39.2 Å². The van der Waals surface area contributed by atoms with Gasteiger partial charge in [0.05, 0.1) is 6.54 Å². The zero-order chi connectivity index (χ0) is 11.5. The van der Waals surface area contributed by atoms with Crippen LogP contribution in [0.4, 0.5) is 0 Å². The van der Waals surface area contributed by atoms with Crippen molar-refractivity contribution in [2.75, 3.05) is 0 Å². The van der Waals surface area contributed by atoms with Gasteiger partial charge in [0, 0.05) is 18.2 Å². The Bertz CT molecular complexity index is 441. The highest BCUT2D eigenvalue weighted by molar-refractivity contribution is 5.81. The maximum atomic E-state index is 11.9. The van der Waals surface area contributed by atoms with Gasteiger partial charge in [-0.3, -0.25) is 9.59 Å². The second-order valence-corrected chi connectivity index (χ2v) is 4.62. The van der Waals surface area contributed by atoms with E-state index in [1.165, 1.54) is 4.57 Å². The van der Waals surface area contributed by atoms with Crippen LogP contribution in [0.3, 0.4) is 0 Å². The Morgan fingerprint density at radius 3 is 2.75 bits per heavy atom. The van der Waals surface area contributed by atoms with Crippen molar-refractivity contribution in [1.82, 2.24) is 4.57 Å². The third-order valence-electron chi connectivity index (χ3n) is 3.29. The molecule has 0 aromatic carbocycles. The Morgan fingerprint density at radius 1 is 1.44 bits per heavy atom. The molecule has 3 heteroatoms. The van der Waals surface area contributed by atoms with Gasteiger partial charge in [-0.15, -0.1) is 0 Å². The molecular weight excluding hydrogens is 202 g/mol. The van der Waals surface area contributed by atoms with E-state index >= 15 is 0 Å². The van der Waals surface area contributed by atoms with Crippen LogP contribution in [0.15, 0.2) is 23.1 Å². The number of Topliss-reactive ketones (excluding diaryl/α,β-unsaturated/α-hetero) is 1. The third kappa shape index (κ3) is 2.40. The molecule has 1 fully saturated rings. The van der Waals surface area contributed by atoms with Gasteiger partial charge in [-0.25, -0.2) is 0 Å². The molecule has 0 spiro atoms. The van der Waals surface area contributed by atoms with Crippen molar-refractivity contribution in [3.8, 4) is 0 Å². The Morgan fingerprint density at radius 2 is 2.12 bits per heavy atom. The van der Waals surface area contributed by atoms with E-state index < -0.39 is 0 Å². The molecule has 0 bridgehead atoms. The lowest BCUT2D eigenvalue weighted by molar-refractivity contribution is -0.123. The van der Waals surface area contributed by atoms with Gasteiger partial charge in [-0.1, -0.05) is 12.8 Å². The van der Waals surface area contributed by atoms with E-state index in [1.54, 1.807) is 12.3 Å². The second-order valence-electron chi connectivity index (χ2n) is 4.62. The minimum atomic E-state index is -0.0775. The molecule has 1 aromatic rings. The van der Waals surface area contributed by atoms with Gasteiger partial charge in [-0.2, -0.15) is 0 Å². The average Bonchev–Trinajstić information content (AvgIpc) is 2.75. The Balaban J connectivity index is 2.08. The smallest absolute Gasteiger partial charge is 0.251 e. The number of hydrogen-bond acceptors (Lipinski definition) is 2. The molecule has 0 saturated heterocycles. The summed E-state index contributed by atoms with van der Waals surface area (Å²) in [7, 11) is 0. The van der Waals surface area contributed by atoms with Gasteiger partial charge in [-0.05, 0) is 31.4 Å². The highest BCUT2D eigenvalue weighted by atomic mass is 16.1. The number of hydrogen-bond donors (Lipinski definition) is 0. The molecule has 3 nitrogen and oxygen atoms in total. The Labute approximate surface area is 95.1 Å². The van der Waals surface area contributed by atoms with Crippen LogP contribution in [-0.4, -0.2) is 10.4 Å². The predicted molar refractivity (Wildman–Crippen MR) is 62.4 cm³/mol. The highest BCUT2D eigenvalue weighted by Crippen LogP contribution is 2.25. The number of aromatic nitrogens is 1. The molecular formula is C13H17NO2. The monoisotopic (exact) mass is 219 g/mol. The largest absolute Gasteiger partial charge is 0.308 e. The number of carbonyl (C=O) groups excluding carboxylic acids is 1. The number of nitrogens with zero attached hydrogens (tertiary/aromatic N) is 1. The second kappa shape index (κ2) is 4.64. The van der Waals surface area contributed by atoms with Crippen molar-refractivity contribution in [2.24, 2.45) is 5.92 Å². The van der Waals surface area contributed by atoms with Crippen LogP contribution >= 0.6 is 0 Å². The standard InChI is InChI=1S/C13H17NO2/c1-10-6-7-14(13(16)8-10)9-12(15)11-4-2-3-5-11/h6-8,11H,2-5,9H2,1H3. The maximum absolute atomic E-state index is 11.9. The number of aryl methyl sites for hydroxylation is 1. The third-order valence-corrected chi connectivity index (χ3v) is 3.29. The van der Waals surface area contributed by atoms with Gasteiger partial charge in [0.25, 0.3) is 5.56 Å². The summed E-state index contributed by atoms with van der Waals surface area (Å²) in [5, 5.41) is 0. The first-order chi connectivity index (χ1) is 7.66. The lowest BCUT2D eigenvalue weighted by Crippen LogP contribution is -2.26. The summed E-state index contributed by atoms with van der Waals surface area (Å²) in [5.74, 6) is 0.400. The number of carbonyl (C=O) groups is 1. The molecule has 1 aromatic heterocycles. The molecule has 0 radical (unpaired) electrons. The number of pyridine rings is 1. The molecule has 86 valence electrons. The summed E-state index contributed by atoms with van der Waals surface area (Å²) in [5.41, 5.74) is 0.862. The lowest BCUT2D eigenvalue weighted by Gasteiger charge is -2.09. The fourth-order valence-corrected chi connectivity index (χ4v) is 2.28. The quantitative estimate of drug-likeness (QED) is 0.779. The lowest BCUT2D eigenvalue weighted by atomic mass is 10.0. The number of ketones is 1. The van der Waals surface area contributed by atoms with Crippen molar-refractivity contribution in [3.63, 3.8) is 0 Å². The SMILES string of the molecule is Cc1ccn(CC(=O)C2CCCC2)c(=O)c1. The summed E-state index contributed by atoms with van der Waals surface area (Å²) < 4.78 is 1.51. The molecule has 1 heterocycles. The normalized spacial score (nSPS) is 16.6. The minimum Gasteiger partial charge on any atom is -0.308 e. The number of rotatable bonds is 3. The van der Waals surface area contributed by atoms with E-state index in [0.717, 1.165) is 31.2 Å². The molecule has 0 unspecified atom stereocenters. The summed E-state index contributed by atoms with van der Waals surface area (Å²) in [4.78, 5) is 23.5. The molecule has 0 N–H and O–H groups in total. The van der Waals surface area contributed by atoms with Gasteiger partial charge in [0.1, 0.15) is 0 Å². The van der Waals surface area contributed by atoms with Crippen LogP contribution in [0.5, 0.6) is 0 Å². The predicted octanol–water partition coefficient (Wildman–Crippen LogP) is 1.92. The minimum absolute atomic E-state index is 0.0775. The van der Waals surface area contributed by atoms with Crippen LogP contribution in [0, 0.1) is 12.8 Å². The van der Waals surface area contributed by atoms with Crippen molar-refractivity contribution < 1.29 is 4.79 Å². The maximum Gasteiger partial charge on any atom is 0.251 e. The Kier molecular flexibility index (Phi) is 3.22. The molecule has 1 aliphatic rings. The first-order valence-corrected chi connectivity index (χ1v) is 5.86. The molecule has 1 aliphatic carbocycles. The molecule has 2 rings (SSSR count). The van der Waals surface area contributed by atoms with E-state index in [0.29, 0.717) is 0 Å². The molecule has 0 atom stereocenters. The topological polar surface area (TPSA) is 39.1 Å². The van der Waals surface area contributed by atoms with Gasteiger partial charge < -0.3 is 4.57 Å². The van der Waals surface area contributed by atoms with E-state index in [-0.39, 0.29) is 23.8 Å². The zero-order valence-corrected chi connectivity index (χ0v) is 9.61. The van der Waals surface area contributed by atoms with E-state index in [9.17, 15) is 9.59 Å². The van der Waals surface area contributed by atoms with Crippen molar-refractivity contribution in [1.29, 1.82) is 0 Å². The van der Waals surface area contributed by atoms with Gasteiger partial charge in [0.2, 0.25) is 0 Å². The van der Waals surface area contributed by atoms with Gasteiger partial charge >= 0.3 is 0 Å². The van der Waals surface area contributed by atoms with Crippen LogP contribution in [0.2, 0.25) is 0 Å². The summed E-state index contributed by atoms with van der Waals surface area (Å²) in [6, 6.07) is 3.44. The van der Waals surface area contributed by atoms with Crippen molar-refractivity contribution in [3.05, 3.63) is 34.2 Å². The zero-order valence-electron chi connectivity index (χ0n) is 9.61. The summed E-state index contributed by atoms with van der Waals surface area (Å²) >= 11 is 0. The van der Waals surface area contributed by atoms with Gasteiger partial charge in [0.15, 0.2) is 5.78 Å². The molecule has 0 aliphatic heterocycles. The van der Waals surface area contributed by atoms with E-state index in [1.807, 2.05) is 13.0 Å². The van der Waals surface area contributed by atoms with Crippen LogP contribution in [-0.2, 0) is 11.3 Å². The van der Waals surface area contributed by atoms with Crippen molar-refractivity contribution >= 4 is 5.78 Å². The first-order valence-electron chi connectivity index (χ1n) is 5.86. The first kappa shape index (κ1) is 11.1. The fourth-order valence-electron chi connectivity index (χ4n) is 2.28. The highest BCUT2D eigenvalue weighted by Gasteiger charge is 2.22. The molecule has 0 amide bonds. The molecule has 1 saturated carbocycles.